The van der Waals surface area contributed by atoms with Crippen molar-refractivity contribution in [1.29, 1.82) is 0 Å². The van der Waals surface area contributed by atoms with E-state index in [9.17, 15) is 4.79 Å². The molecule has 1 heterocycles. The molecule has 0 aromatic carbocycles. The maximum absolute atomic E-state index is 11.0. The number of aliphatic carboxylic acids is 1. The monoisotopic (exact) mass is 242 g/mol. The number of rotatable bonds is 7. The van der Waals surface area contributed by atoms with Crippen molar-refractivity contribution in [2.45, 2.75) is 58.0 Å². The third kappa shape index (κ3) is 5.04. The zero-order valence-electron chi connectivity index (χ0n) is 11.1. The van der Waals surface area contributed by atoms with Crippen molar-refractivity contribution in [3.63, 3.8) is 0 Å². The summed E-state index contributed by atoms with van der Waals surface area (Å²) < 4.78 is 0. The molecule has 0 spiro atoms. The molecule has 1 saturated heterocycles. The molecule has 1 fully saturated rings. The van der Waals surface area contributed by atoms with E-state index in [1.807, 2.05) is 6.92 Å². The van der Waals surface area contributed by atoms with E-state index in [-0.39, 0.29) is 6.04 Å². The summed E-state index contributed by atoms with van der Waals surface area (Å²) in [5.41, 5.74) is 0. The van der Waals surface area contributed by atoms with E-state index in [1.54, 1.807) is 0 Å². The molecule has 17 heavy (non-hydrogen) atoms. The Morgan fingerprint density at radius 3 is 2.53 bits per heavy atom. The minimum atomic E-state index is -0.724. The van der Waals surface area contributed by atoms with E-state index in [1.165, 1.54) is 19.3 Å². The third-order valence-corrected chi connectivity index (χ3v) is 3.55. The Morgan fingerprint density at radius 2 is 2.00 bits per heavy atom. The van der Waals surface area contributed by atoms with Crippen LogP contribution < -0.4 is 5.32 Å². The van der Waals surface area contributed by atoms with E-state index in [4.69, 9.17) is 5.11 Å². The van der Waals surface area contributed by atoms with E-state index >= 15 is 0 Å². The number of nitrogens with zero attached hydrogens (tertiary/aromatic N) is 1. The van der Waals surface area contributed by atoms with Crippen LogP contribution in [0.15, 0.2) is 0 Å². The molecule has 100 valence electrons. The highest BCUT2D eigenvalue weighted by Crippen LogP contribution is 2.11. The molecule has 1 aliphatic heterocycles. The number of carboxylic acid groups (broad SMARTS) is 1. The predicted molar refractivity (Wildman–Crippen MR) is 69.2 cm³/mol. The first-order chi connectivity index (χ1) is 8.15. The van der Waals surface area contributed by atoms with Crippen LogP contribution in [0.1, 0.15) is 46.0 Å². The zero-order chi connectivity index (χ0) is 12.7. The van der Waals surface area contributed by atoms with Crippen molar-refractivity contribution in [2.75, 3.05) is 19.6 Å². The van der Waals surface area contributed by atoms with Crippen LogP contribution >= 0.6 is 0 Å². The number of nitrogens with one attached hydrogen (secondary N) is 1. The van der Waals surface area contributed by atoms with Crippen LogP contribution in [0.25, 0.3) is 0 Å². The Hall–Kier alpha value is -0.610. The highest BCUT2D eigenvalue weighted by Gasteiger charge is 2.20. The fraction of sp³-hybridized carbons (Fsp3) is 0.923. The van der Waals surface area contributed by atoms with Gasteiger partial charge in [-0.15, -0.1) is 0 Å². The summed E-state index contributed by atoms with van der Waals surface area (Å²) in [4.78, 5) is 13.5. The van der Waals surface area contributed by atoms with Crippen LogP contribution in [-0.2, 0) is 4.79 Å². The van der Waals surface area contributed by atoms with Gasteiger partial charge in [0.1, 0.15) is 6.04 Å². The predicted octanol–water partition coefficient (Wildman–Crippen LogP) is 1.70. The minimum absolute atomic E-state index is 0.382. The average Bonchev–Trinajstić information content (AvgIpc) is 2.34. The van der Waals surface area contributed by atoms with Crippen LogP contribution in [0.4, 0.5) is 0 Å². The second-order valence-electron chi connectivity index (χ2n) is 5.03. The Bertz CT molecular complexity index is 227. The van der Waals surface area contributed by atoms with E-state index < -0.39 is 5.97 Å². The van der Waals surface area contributed by atoms with Gasteiger partial charge in [-0.05, 0) is 39.3 Å². The average molecular weight is 242 g/mol. The summed E-state index contributed by atoms with van der Waals surface area (Å²) >= 11 is 0. The van der Waals surface area contributed by atoms with Gasteiger partial charge in [0.25, 0.3) is 0 Å². The number of hydrogen-bond acceptors (Lipinski definition) is 3. The molecule has 1 rings (SSSR count). The molecule has 2 unspecified atom stereocenters. The van der Waals surface area contributed by atoms with Gasteiger partial charge in [0.15, 0.2) is 0 Å². The summed E-state index contributed by atoms with van der Waals surface area (Å²) in [5.74, 6) is -0.724. The lowest BCUT2D eigenvalue weighted by molar-refractivity contribution is -0.139. The second kappa shape index (κ2) is 7.67. The molecule has 0 aromatic rings. The van der Waals surface area contributed by atoms with Gasteiger partial charge >= 0.3 is 5.97 Å². The van der Waals surface area contributed by atoms with Crippen LogP contribution in [-0.4, -0.2) is 47.7 Å². The quantitative estimate of drug-likeness (QED) is 0.713. The highest BCUT2D eigenvalue weighted by molar-refractivity contribution is 5.73. The fourth-order valence-electron chi connectivity index (χ4n) is 2.40. The van der Waals surface area contributed by atoms with Crippen molar-refractivity contribution in [3.8, 4) is 0 Å². The van der Waals surface area contributed by atoms with Gasteiger partial charge in [-0.25, -0.2) is 0 Å². The van der Waals surface area contributed by atoms with Crippen molar-refractivity contribution in [1.82, 2.24) is 10.2 Å². The standard InChI is InChI=1S/C13H26N2O2/c1-3-7-12(13(16)17)14-10-11(2)15-8-5-4-6-9-15/h11-12,14H,3-10H2,1-2H3,(H,16,17). The fourth-order valence-corrected chi connectivity index (χ4v) is 2.40. The van der Waals surface area contributed by atoms with Crippen LogP contribution in [0.5, 0.6) is 0 Å². The van der Waals surface area contributed by atoms with E-state index in [2.05, 4.69) is 17.1 Å². The van der Waals surface area contributed by atoms with Crippen molar-refractivity contribution in [3.05, 3.63) is 0 Å². The normalized spacial score (nSPS) is 21.1. The first kappa shape index (κ1) is 14.5. The maximum atomic E-state index is 11.0. The van der Waals surface area contributed by atoms with Crippen LogP contribution in [0, 0.1) is 0 Å². The van der Waals surface area contributed by atoms with E-state index in [0.717, 1.165) is 26.1 Å². The van der Waals surface area contributed by atoms with Crippen molar-refractivity contribution >= 4 is 5.97 Å². The topological polar surface area (TPSA) is 52.6 Å². The number of carboxylic acids is 1. The lowest BCUT2D eigenvalue weighted by Gasteiger charge is -2.33. The smallest absolute Gasteiger partial charge is 0.320 e. The van der Waals surface area contributed by atoms with Gasteiger partial charge in [0.05, 0.1) is 0 Å². The third-order valence-electron chi connectivity index (χ3n) is 3.55. The molecule has 4 heteroatoms. The maximum Gasteiger partial charge on any atom is 0.320 e. The van der Waals surface area contributed by atoms with Gasteiger partial charge in [0.2, 0.25) is 0 Å². The SMILES string of the molecule is CCCC(NCC(C)N1CCCCC1)C(=O)O. The minimum Gasteiger partial charge on any atom is -0.480 e. The molecule has 0 saturated carbocycles. The largest absolute Gasteiger partial charge is 0.480 e. The Labute approximate surface area is 104 Å². The van der Waals surface area contributed by atoms with Gasteiger partial charge in [0, 0.05) is 12.6 Å². The molecular weight excluding hydrogens is 216 g/mol. The number of likely N-dealkylation sites (tertiary alicyclic amines) is 1. The number of hydrogen-bond donors (Lipinski definition) is 2. The van der Waals surface area contributed by atoms with Gasteiger partial charge < -0.3 is 10.4 Å². The van der Waals surface area contributed by atoms with Crippen LogP contribution in [0.2, 0.25) is 0 Å². The summed E-state index contributed by atoms with van der Waals surface area (Å²) in [6.07, 6.45) is 5.51. The Kier molecular flexibility index (Phi) is 6.52. The summed E-state index contributed by atoms with van der Waals surface area (Å²) in [6.45, 7) is 7.30. The van der Waals surface area contributed by atoms with Crippen molar-refractivity contribution in [2.24, 2.45) is 0 Å². The van der Waals surface area contributed by atoms with E-state index in [0.29, 0.717) is 12.5 Å². The summed E-state index contributed by atoms with van der Waals surface area (Å²) in [7, 11) is 0. The summed E-state index contributed by atoms with van der Waals surface area (Å²) in [6, 6.07) is 0.0567. The molecule has 0 radical (unpaired) electrons. The Morgan fingerprint density at radius 1 is 1.35 bits per heavy atom. The molecular formula is C13H26N2O2. The second-order valence-corrected chi connectivity index (χ2v) is 5.03. The molecule has 0 bridgehead atoms. The van der Waals surface area contributed by atoms with Crippen molar-refractivity contribution < 1.29 is 9.90 Å². The molecule has 0 amide bonds. The number of piperidine rings is 1. The number of carbonyl (C=O) groups is 1. The first-order valence-electron chi connectivity index (χ1n) is 6.85. The lowest BCUT2D eigenvalue weighted by atomic mass is 10.1. The molecule has 2 atom stereocenters. The van der Waals surface area contributed by atoms with Crippen LogP contribution in [0.3, 0.4) is 0 Å². The first-order valence-corrected chi connectivity index (χ1v) is 6.85. The molecule has 1 aliphatic rings. The Balaban J connectivity index is 2.29. The summed E-state index contributed by atoms with van der Waals surface area (Å²) in [5, 5.41) is 12.2. The lowest BCUT2D eigenvalue weighted by Crippen LogP contribution is -2.47. The zero-order valence-corrected chi connectivity index (χ0v) is 11.1. The van der Waals surface area contributed by atoms with Gasteiger partial charge in [-0.3, -0.25) is 9.69 Å². The van der Waals surface area contributed by atoms with Gasteiger partial charge in [-0.2, -0.15) is 0 Å². The molecule has 0 aliphatic carbocycles. The highest BCUT2D eigenvalue weighted by atomic mass is 16.4. The molecule has 0 aromatic heterocycles. The molecule has 4 nitrogen and oxygen atoms in total. The molecule has 2 N–H and O–H groups in total. The van der Waals surface area contributed by atoms with Gasteiger partial charge in [-0.1, -0.05) is 19.8 Å².